The standard InChI is InChI=1S/C19H19N3O3/c1-25-16-10-6-5-9-15(16)21-17(23)13-22-12-11-20-19(22)18(24)14-7-3-2-4-8-14/h2-12,18,24H,13H2,1H3,(H,21,23)/t18-/m0/s1. The summed E-state index contributed by atoms with van der Waals surface area (Å²) in [5.41, 5.74) is 1.32. The van der Waals surface area contributed by atoms with Crippen molar-refractivity contribution in [2.24, 2.45) is 0 Å². The maximum Gasteiger partial charge on any atom is 0.244 e. The van der Waals surface area contributed by atoms with Crippen molar-refractivity contribution in [2.75, 3.05) is 12.4 Å². The monoisotopic (exact) mass is 337 g/mol. The molecule has 128 valence electrons. The summed E-state index contributed by atoms with van der Waals surface area (Å²) in [6.07, 6.45) is 2.34. The number of hydrogen-bond acceptors (Lipinski definition) is 4. The van der Waals surface area contributed by atoms with Gasteiger partial charge in [0.15, 0.2) is 0 Å². The normalized spacial score (nSPS) is 11.8. The number of rotatable bonds is 6. The van der Waals surface area contributed by atoms with Crippen molar-refractivity contribution in [3.05, 3.63) is 78.4 Å². The third kappa shape index (κ3) is 3.87. The lowest BCUT2D eigenvalue weighted by molar-refractivity contribution is -0.116. The molecule has 2 aromatic carbocycles. The number of amides is 1. The molecular formula is C19H19N3O3. The highest BCUT2D eigenvalue weighted by Crippen LogP contribution is 2.23. The molecule has 0 saturated carbocycles. The van der Waals surface area contributed by atoms with Gasteiger partial charge in [0.05, 0.1) is 12.8 Å². The number of hydrogen-bond donors (Lipinski definition) is 2. The topological polar surface area (TPSA) is 76.4 Å². The van der Waals surface area contributed by atoms with Gasteiger partial charge in [-0.1, -0.05) is 42.5 Å². The zero-order valence-corrected chi connectivity index (χ0v) is 13.8. The summed E-state index contributed by atoms with van der Waals surface area (Å²) in [6, 6.07) is 16.4. The minimum absolute atomic E-state index is 0.0390. The molecule has 0 saturated heterocycles. The molecule has 0 fully saturated rings. The molecule has 25 heavy (non-hydrogen) atoms. The smallest absolute Gasteiger partial charge is 0.244 e. The number of carbonyl (C=O) groups is 1. The van der Waals surface area contributed by atoms with Crippen molar-refractivity contribution in [1.82, 2.24) is 9.55 Å². The Morgan fingerprint density at radius 1 is 1.20 bits per heavy atom. The molecule has 1 amide bonds. The number of aliphatic hydroxyl groups is 1. The lowest BCUT2D eigenvalue weighted by Gasteiger charge is -2.14. The van der Waals surface area contributed by atoms with E-state index in [2.05, 4.69) is 10.3 Å². The average molecular weight is 337 g/mol. The van der Waals surface area contributed by atoms with Crippen LogP contribution in [0.5, 0.6) is 5.75 Å². The van der Waals surface area contributed by atoms with E-state index in [0.29, 0.717) is 17.3 Å². The number of nitrogens with zero attached hydrogens (tertiary/aromatic N) is 2. The molecule has 0 unspecified atom stereocenters. The molecule has 0 radical (unpaired) electrons. The number of methoxy groups -OCH3 is 1. The van der Waals surface area contributed by atoms with Gasteiger partial charge >= 0.3 is 0 Å². The third-order valence-corrected chi connectivity index (χ3v) is 3.80. The second-order valence-electron chi connectivity index (χ2n) is 5.48. The molecule has 1 aromatic heterocycles. The van der Waals surface area contributed by atoms with Crippen molar-refractivity contribution < 1.29 is 14.6 Å². The first-order chi connectivity index (χ1) is 12.2. The molecule has 1 heterocycles. The van der Waals surface area contributed by atoms with Gasteiger partial charge in [0.2, 0.25) is 5.91 Å². The van der Waals surface area contributed by atoms with Crippen LogP contribution in [0, 0.1) is 0 Å². The van der Waals surface area contributed by atoms with E-state index in [9.17, 15) is 9.90 Å². The zero-order valence-electron chi connectivity index (χ0n) is 13.8. The fraction of sp³-hybridized carbons (Fsp3) is 0.158. The molecule has 0 aliphatic carbocycles. The van der Waals surface area contributed by atoms with Crippen LogP contribution in [0.25, 0.3) is 0 Å². The van der Waals surface area contributed by atoms with Gasteiger partial charge in [-0.2, -0.15) is 0 Å². The van der Waals surface area contributed by atoms with Crippen LogP contribution in [0.3, 0.4) is 0 Å². The molecular weight excluding hydrogens is 318 g/mol. The first-order valence-corrected chi connectivity index (χ1v) is 7.86. The number of carbonyl (C=O) groups excluding carboxylic acids is 1. The Hall–Kier alpha value is -3.12. The number of aliphatic hydroxyl groups excluding tert-OH is 1. The molecule has 6 nitrogen and oxygen atoms in total. The van der Waals surface area contributed by atoms with Gasteiger partial charge in [0.25, 0.3) is 0 Å². The maximum atomic E-state index is 12.4. The summed E-state index contributed by atoms with van der Waals surface area (Å²) in [5, 5.41) is 13.3. The summed E-state index contributed by atoms with van der Waals surface area (Å²) in [4.78, 5) is 16.6. The van der Waals surface area contributed by atoms with Crippen molar-refractivity contribution in [2.45, 2.75) is 12.6 Å². The second-order valence-corrected chi connectivity index (χ2v) is 5.48. The molecule has 1 atom stereocenters. The quantitative estimate of drug-likeness (QED) is 0.725. The number of imidazole rings is 1. The Bertz CT molecular complexity index is 846. The molecule has 3 aromatic rings. The van der Waals surface area contributed by atoms with Gasteiger partial charge < -0.3 is 19.7 Å². The first-order valence-electron chi connectivity index (χ1n) is 7.86. The van der Waals surface area contributed by atoms with E-state index in [-0.39, 0.29) is 12.5 Å². The van der Waals surface area contributed by atoms with Crippen LogP contribution in [-0.2, 0) is 11.3 Å². The summed E-state index contributed by atoms with van der Waals surface area (Å²) < 4.78 is 6.85. The Balaban J connectivity index is 1.74. The number of anilines is 1. The van der Waals surface area contributed by atoms with Crippen LogP contribution in [0.2, 0.25) is 0 Å². The van der Waals surface area contributed by atoms with Crippen LogP contribution in [0.4, 0.5) is 5.69 Å². The van der Waals surface area contributed by atoms with E-state index >= 15 is 0 Å². The van der Waals surface area contributed by atoms with Crippen molar-refractivity contribution in [1.29, 1.82) is 0 Å². The Labute approximate surface area is 145 Å². The summed E-state index contributed by atoms with van der Waals surface area (Å²) in [6.45, 7) is 0.0390. The number of nitrogens with one attached hydrogen (secondary N) is 1. The van der Waals surface area contributed by atoms with Crippen LogP contribution in [0.1, 0.15) is 17.5 Å². The molecule has 3 rings (SSSR count). The van der Waals surface area contributed by atoms with Gasteiger partial charge in [0, 0.05) is 12.4 Å². The SMILES string of the molecule is COc1ccccc1NC(=O)Cn1ccnc1[C@@H](O)c1ccccc1. The van der Waals surface area contributed by atoms with Gasteiger partial charge in [-0.3, -0.25) is 4.79 Å². The third-order valence-electron chi connectivity index (χ3n) is 3.80. The molecule has 0 aliphatic rings. The van der Waals surface area contributed by atoms with Crippen molar-refractivity contribution in [3.8, 4) is 5.75 Å². The summed E-state index contributed by atoms with van der Waals surface area (Å²) in [5.74, 6) is 0.774. The highest BCUT2D eigenvalue weighted by molar-refractivity contribution is 5.92. The lowest BCUT2D eigenvalue weighted by atomic mass is 10.1. The summed E-state index contributed by atoms with van der Waals surface area (Å²) >= 11 is 0. The maximum absolute atomic E-state index is 12.4. The Morgan fingerprint density at radius 3 is 2.68 bits per heavy atom. The minimum atomic E-state index is -0.893. The fourth-order valence-electron chi connectivity index (χ4n) is 2.58. The van der Waals surface area contributed by atoms with E-state index in [0.717, 1.165) is 5.56 Å². The number of aromatic nitrogens is 2. The Morgan fingerprint density at radius 2 is 1.92 bits per heavy atom. The highest BCUT2D eigenvalue weighted by atomic mass is 16.5. The minimum Gasteiger partial charge on any atom is -0.495 e. The lowest BCUT2D eigenvalue weighted by Crippen LogP contribution is -2.21. The average Bonchev–Trinajstić information content (AvgIpc) is 3.10. The first kappa shape index (κ1) is 16.7. The van der Waals surface area contributed by atoms with Crippen LogP contribution in [-0.4, -0.2) is 27.7 Å². The van der Waals surface area contributed by atoms with E-state index in [1.54, 1.807) is 36.2 Å². The predicted octanol–water partition coefficient (Wildman–Crippen LogP) is 2.61. The molecule has 2 N–H and O–H groups in total. The van der Waals surface area contributed by atoms with Crippen LogP contribution in [0.15, 0.2) is 67.0 Å². The molecule has 0 spiro atoms. The molecule has 0 aliphatic heterocycles. The predicted molar refractivity (Wildman–Crippen MR) is 94.4 cm³/mol. The summed E-state index contributed by atoms with van der Waals surface area (Å²) in [7, 11) is 1.55. The molecule has 0 bridgehead atoms. The van der Waals surface area contributed by atoms with E-state index in [4.69, 9.17) is 4.74 Å². The van der Waals surface area contributed by atoms with E-state index in [1.165, 1.54) is 0 Å². The van der Waals surface area contributed by atoms with E-state index in [1.807, 2.05) is 42.5 Å². The largest absolute Gasteiger partial charge is 0.495 e. The van der Waals surface area contributed by atoms with Crippen molar-refractivity contribution >= 4 is 11.6 Å². The van der Waals surface area contributed by atoms with Gasteiger partial charge in [-0.15, -0.1) is 0 Å². The molecule has 6 heteroatoms. The number of ether oxygens (including phenoxy) is 1. The Kier molecular flexibility index (Phi) is 5.11. The zero-order chi connectivity index (χ0) is 17.6. The van der Waals surface area contributed by atoms with Crippen LogP contribution < -0.4 is 10.1 Å². The van der Waals surface area contributed by atoms with Gasteiger partial charge in [-0.25, -0.2) is 4.98 Å². The second kappa shape index (κ2) is 7.63. The number of para-hydroxylation sites is 2. The van der Waals surface area contributed by atoms with E-state index < -0.39 is 6.10 Å². The van der Waals surface area contributed by atoms with Gasteiger partial charge in [0.1, 0.15) is 24.2 Å². The highest BCUT2D eigenvalue weighted by Gasteiger charge is 2.17. The fourth-order valence-corrected chi connectivity index (χ4v) is 2.58. The van der Waals surface area contributed by atoms with Crippen molar-refractivity contribution in [3.63, 3.8) is 0 Å². The van der Waals surface area contributed by atoms with Gasteiger partial charge in [-0.05, 0) is 17.7 Å². The number of benzene rings is 2. The van der Waals surface area contributed by atoms with Crippen LogP contribution >= 0.6 is 0 Å².